The van der Waals surface area contributed by atoms with E-state index >= 15 is 0 Å². The molecule has 0 spiro atoms. The van der Waals surface area contributed by atoms with Crippen molar-refractivity contribution in [3.05, 3.63) is 55.9 Å². The zero-order valence-corrected chi connectivity index (χ0v) is 12.8. The molecule has 0 aliphatic carbocycles. The highest BCUT2D eigenvalue weighted by atomic mass is 79.9. The number of benzene rings is 1. The van der Waals surface area contributed by atoms with Crippen molar-refractivity contribution in [2.45, 2.75) is 13.3 Å². The van der Waals surface area contributed by atoms with Gasteiger partial charge in [-0.2, -0.15) is 0 Å². The number of rotatable bonds is 4. The lowest BCUT2D eigenvalue weighted by molar-refractivity contribution is 0.0958. The van der Waals surface area contributed by atoms with Crippen molar-refractivity contribution in [1.82, 2.24) is 5.32 Å². The Balaban J connectivity index is 1.87. The molecule has 0 atom stereocenters. The van der Waals surface area contributed by atoms with Gasteiger partial charge in [0, 0.05) is 6.54 Å². The van der Waals surface area contributed by atoms with Gasteiger partial charge in [0.25, 0.3) is 5.91 Å². The van der Waals surface area contributed by atoms with Crippen LogP contribution in [-0.2, 0) is 6.42 Å². The second-order valence-electron chi connectivity index (χ2n) is 4.20. The molecule has 0 saturated carbocycles. The third-order valence-electron chi connectivity index (χ3n) is 2.67. The molecule has 1 heterocycles. The van der Waals surface area contributed by atoms with Gasteiger partial charge < -0.3 is 5.32 Å². The molecule has 19 heavy (non-hydrogen) atoms. The van der Waals surface area contributed by atoms with E-state index in [0.717, 1.165) is 14.9 Å². The molecule has 0 aliphatic rings. The molecular weight excluding hydrogens is 329 g/mol. The van der Waals surface area contributed by atoms with Crippen LogP contribution in [0, 0.1) is 12.7 Å². The van der Waals surface area contributed by atoms with Crippen molar-refractivity contribution in [3.8, 4) is 0 Å². The summed E-state index contributed by atoms with van der Waals surface area (Å²) in [5.74, 6) is -0.336. The summed E-state index contributed by atoms with van der Waals surface area (Å²) in [4.78, 5) is 12.6. The molecular formula is C14H13BrFNOS. The van der Waals surface area contributed by atoms with Crippen molar-refractivity contribution in [2.75, 3.05) is 6.54 Å². The number of nitrogens with one attached hydrogen (secondary N) is 1. The topological polar surface area (TPSA) is 29.1 Å². The molecule has 5 heteroatoms. The van der Waals surface area contributed by atoms with Gasteiger partial charge in [-0.15, -0.1) is 11.3 Å². The number of thiophene rings is 1. The molecule has 0 unspecified atom stereocenters. The lowest BCUT2D eigenvalue weighted by Gasteiger charge is -2.04. The first-order chi connectivity index (χ1) is 9.06. The van der Waals surface area contributed by atoms with E-state index in [9.17, 15) is 9.18 Å². The van der Waals surface area contributed by atoms with Crippen LogP contribution >= 0.6 is 27.3 Å². The Morgan fingerprint density at radius 3 is 2.84 bits per heavy atom. The minimum absolute atomic E-state index is 0.0878. The average Bonchev–Trinajstić information content (AvgIpc) is 2.70. The second-order valence-corrected chi connectivity index (χ2v) is 6.57. The lowest BCUT2D eigenvalue weighted by atomic mass is 10.1. The molecule has 1 aromatic heterocycles. The summed E-state index contributed by atoms with van der Waals surface area (Å²) in [6.45, 7) is 2.45. The highest BCUT2D eigenvalue weighted by molar-refractivity contribution is 9.11. The molecule has 1 amide bonds. The number of hydrogen-bond donors (Lipinski definition) is 1. The molecule has 0 radical (unpaired) electrons. The van der Waals surface area contributed by atoms with Gasteiger partial charge in [-0.05, 0) is 58.6 Å². The van der Waals surface area contributed by atoms with Crippen LogP contribution in [-0.4, -0.2) is 12.5 Å². The smallest absolute Gasteiger partial charge is 0.261 e. The highest BCUT2D eigenvalue weighted by Gasteiger charge is 2.10. The summed E-state index contributed by atoms with van der Waals surface area (Å²) < 4.78 is 13.9. The van der Waals surface area contributed by atoms with E-state index in [1.807, 2.05) is 19.1 Å². The number of halogens is 2. The number of aryl methyl sites for hydroxylation is 1. The lowest BCUT2D eigenvalue weighted by Crippen LogP contribution is -2.24. The Kier molecular flexibility index (Phi) is 4.71. The van der Waals surface area contributed by atoms with Crippen LogP contribution in [0.2, 0.25) is 0 Å². The highest BCUT2D eigenvalue weighted by Crippen LogP contribution is 2.27. The Morgan fingerprint density at radius 2 is 2.21 bits per heavy atom. The molecule has 1 aromatic carbocycles. The fourth-order valence-electron chi connectivity index (χ4n) is 1.67. The summed E-state index contributed by atoms with van der Waals surface area (Å²) in [7, 11) is 0. The molecule has 2 nitrogen and oxygen atoms in total. The van der Waals surface area contributed by atoms with Crippen molar-refractivity contribution >= 4 is 33.2 Å². The van der Waals surface area contributed by atoms with E-state index in [-0.39, 0.29) is 11.7 Å². The molecule has 100 valence electrons. The molecule has 0 saturated heterocycles. The number of carbonyl (C=O) groups is 1. The van der Waals surface area contributed by atoms with E-state index < -0.39 is 0 Å². The largest absolute Gasteiger partial charge is 0.351 e. The minimum atomic E-state index is -0.248. The summed E-state index contributed by atoms with van der Waals surface area (Å²) in [5, 5.41) is 2.84. The normalized spacial score (nSPS) is 10.5. The third-order valence-corrected chi connectivity index (χ3v) is 4.80. The zero-order chi connectivity index (χ0) is 13.8. The van der Waals surface area contributed by atoms with E-state index in [2.05, 4.69) is 21.2 Å². The number of carbonyl (C=O) groups excluding carboxylic acids is 1. The second kappa shape index (κ2) is 6.30. The van der Waals surface area contributed by atoms with Gasteiger partial charge in [0.15, 0.2) is 0 Å². The van der Waals surface area contributed by atoms with Crippen molar-refractivity contribution in [3.63, 3.8) is 0 Å². The van der Waals surface area contributed by atoms with Gasteiger partial charge in [0.2, 0.25) is 0 Å². The maximum Gasteiger partial charge on any atom is 0.261 e. The predicted molar refractivity (Wildman–Crippen MR) is 79.2 cm³/mol. The first kappa shape index (κ1) is 14.2. The fourth-order valence-corrected chi connectivity index (χ4v) is 3.12. The van der Waals surface area contributed by atoms with Crippen LogP contribution in [0.1, 0.15) is 20.8 Å². The van der Waals surface area contributed by atoms with Gasteiger partial charge in [0.1, 0.15) is 5.82 Å². The average molecular weight is 342 g/mol. The summed E-state index contributed by atoms with van der Waals surface area (Å²) in [5.41, 5.74) is 1.93. The SMILES string of the molecule is Cc1cc(C(=O)NCCc2cccc(F)c2)sc1Br. The summed E-state index contributed by atoms with van der Waals surface area (Å²) >= 11 is 4.81. The van der Waals surface area contributed by atoms with E-state index in [0.29, 0.717) is 17.8 Å². The van der Waals surface area contributed by atoms with Crippen LogP contribution in [0.15, 0.2) is 34.1 Å². The minimum Gasteiger partial charge on any atom is -0.351 e. The van der Waals surface area contributed by atoms with Crippen molar-refractivity contribution in [2.24, 2.45) is 0 Å². The monoisotopic (exact) mass is 341 g/mol. The maximum atomic E-state index is 13.0. The van der Waals surface area contributed by atoms with Gasteiger partial charge >= 0.3 is 0 Å². The Hall–Kier alpha value is -1.20. The molecule has 0 aliphatic heterocycles. The van der Waals surface area contributed by atoms with Crippen LogP contribution in [0.4, 0.5) is 4.39 Å². The molecule has 0 fully saturated rings. The van der Waals surface area contributed by atoms with Gasteiger partial charge in [-0.1, -0.05) is 12.1 Å². The first-order valence-corrected chi connectivity index (χ1v) is 7.46. The predicted octanol–water partition coefficient (Wildman–Crippen LogP) is 3.93. The van der Waals surface area contributed by atoms with E-state index in [1.54, 1.807) is 6.07 Å². The molecule has 0 bridgehead atoms. The number of amides is 1. The van der Waals surface area contributed by atoms with Crippen LogP contribution in [0.25, 0.3) is 0 Å². The standard InChI is InChI=1S/C14H13BrFNOS/c1-9-7-12(19-13(9)15)14(18)17-6-5-10-3-2-4-11(16)8-10/h2-4,7-8H,5-6H2,1H3,(H,17,18). The Bertz CT molecular complexity index is 577. The van der Waals surface area contributed by atoms with Gasteiger partial charge in [0.05, 0.1) is 8.66 Å². The van der Waals surface area contributed by atoms with Gasteiger partial charge in [-0.25, -0.2) is 4.39 Å². The number of hydrogen-bond acceptors (Lipinski definition) is 2. The van der Waals surface area contributed by atoms with E-state index in [4.69, 9.17) is 0 Å². The van der Waals surface area contributed by atoms with Crippen LogP contribution in [0.3, 0.4) is 0 Å². The Labute approximate surface area is 123 Å². The third kappa shape index (κ3) is 3.88. The molecule has 2 aromatic rings. The van der Waals surface area contributed by atoms with Gasteiger partial charge in [-0.3, -0.25) is 4.79 Å². The summed E-state index contributed by atoms with van der Waals surface area (Å²) in [6.07, 6.45) is 0.620. The summed E-state index contributed by atoms with van der Waals surface area (Å²) in [6, 6.07) is 8.27. The fraction of sp³-hybridized carbons (Fsp3) is 0.214. The van der Waals surface area contributed by atoms with Crippen molar-refractivity contribution in [1.29, 1.82) is 0 Å². The van der Waals surface area contributed by atoms with E-state index in [1.165, 1.54) is 23.5 Å². The quantitative estimate of drug-likeness (QED) is 0.896. The van der Waals surface area contributed by atoms with Crippen molar-refractivity contribution < 1.29 is 9.18 Å². The Morgan fingerprint density at radius 1 is 1.42 bits per heavy atom. The van der Waals surface area contributed by atoms with Crippen LogP contribution in [0.5, 0.6) is 0 Å². The molecule has 1 N–H and O–H groups in total. The maximum absolute atomic E-state index is 13.0. The first-order valence-electron chi connectivity index (χ1n) is 5.85. The van der Waals surface area contributed by atoms with Crippen LogP contribution < -0.4 is 5.32 Å². The zero-order valence-electron chi connectivity index (χ0n) is 10.4. The molecule has 2 rings (SSSR count).